The van der Waals surface area contributed by atoms with Gasteiger partial charge in [-0.05, 0) is 55.3 Å². The van der Waals surface area contributed by atoms with E-state index in [0.717, 1.165) is 24.7 Å². The van der Waals surface area contributed by atoms with Crippen molar-refractivity contribution < 1.29 is 22.8 Å². The predicted molar refractivity (Wildman–Crippen MR) is 146 cm³/mol. The Kier molecular flexibility index (Phi) is 8.82. The topological polar surface area (TPSA) is 90.5 Å². The SMILES string of the molecule is CC(=O)Nc1cnc(C#Cc2cc(C(=O)Nc3ccc(CN4CCN(C)CC4)c(C(F)(F)F)c3)ccc2C)cn1. The number of nitrogens with one attached hydrogen (secondary N) is 2. The van der Waals surface area contributed by atoms with E-state index in [-0.39, 0.29) is 29.3 Å². The minimum Gasteiger partial charge on any atom is -0.322 e. The second-order valence-corrected chi connectivity index (χ2v) is 9.65. The summed E-state index contributed by atoms with van der Waals surface area (Å²) in [5.41, 5.74) is 1.44. The van der Waals surface area contributed by atoms with Gasteiger partial charge in [0.25, 0.3) is 5.91 Å². The van der Waals surface area contributed by atoms with Crippen LogP contribution in [0.25, 0.3) is 0 Å². The van der Waals surface area contributed by atoms with Crippen molar-refractivity contribution >= 4 is 23.3 Å². The molecule has 1 aliphatic rings. The molecular weight excluding hydrogens is 521 g/mol. The first-order chi connectivity index (χ1) is 19.0. The minimum absolute atomic E-state index is 0.0576. The van der Waals surface area contributed by atoms with Crippen molar-refractivity contribution in [3.8, 4) is 11.8 Å². The van der Waals surface area contributed by atoms with E-state index in [9.17, 15) is 22.8 Å². The average Bonchev–Trinajstić information content (AvgIpc) is 2.90. The van der Waals surface area contributed by atoms with Crippen molar-refractivity contribution in [2.75, 3.05) is 43.9 Å². The molecule has 0 aliphatic carbocycles. The van der Waals surface area contributed by atoms with Crippen molar-refractivity contribution in [1.29, 1.82) is 0 Å². The number of rotatable bonds is 5. The molecule has 2 N–H and O–H groups in total. The molecule has 0 saturated carbocycles. The Morgan fingerprint density at radius 1 is 0.975 bits per heavy atom. The molecule has 2 amide bonds. The van der Waals surface area contributed by atoms with Crippen LogP contribution < -0.4 is 10.6 Å². The third kappa shape index (κ3) is 7.65. The number of piperazine rings is 1. The highest BCUT2D eigenvalue weighted by atomic mass is 19.4. The van der Waals surface area contributed by atoms with Crippen LogP contribution in [-0.4, -0.2) is 64.8 Å². The lowest BCUT2D eigenvalue weighted by Gasteiger charge is -2.33. The molecule has 0 radical (unpaired) electrons. The molecular formula is C29H29F3N6O2. The van der Waals surface area contributed by atoms with Gasteiger partial charge in [-0.1, -0.05) is 18.1 Å². The molecule has 2 heterocycles. The zero-order chi connectivity index (χ0) is 28.9. The molecule has 0 spiro atoms. The number of aromatic nitrogens is 2. The quantitative estimate of drug-likeness (QED) is 0.464. The Balaban J connectivity index is 1.50. The maximum absolute atomic E-state index is 13.9. The lowest BCUT2D eigenvalue weighted by Crippen LogP contribution is -2.44. The highest BCUT2D eigenvalue weighted by Gasteiger charge is 2.34. The van der Waals surface area contributed by atoms with Gasteiger partial charge in [-0.3, -0.25) is 14.5 Å². The number of carbonyl (C=O) groups excluding carboxylic acids is 2. The van der Waals surface area contributed by atoms with Gasteiger partial charge >= 0.3 is 6.18 Å². The molecule has 2 aromatic carbocycles. The summed E-state index contributed by atoms with van der Waals surface area (Å²) in [4.78, 5) is 36.4. The minimum atomic E-state index is -4.56. The third-order valence-electron chi connectivity index (χ3n) is 6.44. The monoisotopic (exact) mass is 550 g/mol. The van der Waals surface area contributed by atoms with Crippen molar-refractivity contribution in [1.82, 2.24) is 19.8 Å². The smallest absolute Gasteiger partial charge is 0.322 e. The van der Waals surface area contributed by atoms with E-state index in [0.29, 0.717) is 30.2 Å². The van der Waals surface area contributed by atoms with Gasteiger partial charge < -0.3 is 15.5 Å². The largest absolute Gasteiger partial charge is 0.416 e. The number of halogens is 3. The van der Waals surface area contributed by atoms with Crippen LogP contribution >= 0.6 is 0 Å². The highest BCUT2D eigenvalue weighted by Crippen LogP contribution is 2.34. The van der Waals surface area contributed by atoms with E-state index in [1.54, 1.807) is 18.2 Å². The van der Waals surface area contributed by atoms with Gasteiger partial charge in [-0.2, -0.15) is 13.2 Å². The van der Waals surface area contributed by atoms with Gasteiger partial charge in [0.05, 0.1) is 18.0 Å². The molecule has 8 nitrogen and oxygen atoms in total. The van der Waals surface area contributed by atoms with E-state index in [4.69, 9.17) is 0 Å². The number of aryl methyl sites for hydroxylation is 1. The molecule has 1 fully saturated rings. The van der Waals surface area contributed by atoms with Gasteiger partial charge in [0.15, 0.2) is 5.82 Å². The summed E-state index contributed by atoms with van der Waals surface area (Å²) < 4.78 is 41.8. The van der Waals surface area contributed by atoms with Crippen LogP contribution in [-0.2, 0) is 17.5 Å². The second-order valence-electron chi connectivity index (χ2n) is 9.65. The van der Waals surface area contributed by atoms with Crippen LogP contribution in [0.3, 0.4) is 0 Å². The lowest BCUT2D eigenvalue weighted by atomic mass is 10.0. The number of alkyl halides is 3. The number of carbonyl (C=O) groups is 2. The molecule has 3 aromatic rings. The van der Waals surface area contributed by atoms with Crippen LogP contribution in [0.15, 0.2) is 48.8 Å². The Bertz CT molecular complexity index is 1450. The Labute approximate surface area is 230 Å². The summed E-state index contributed by atoms with van der Waals surface area (Å²) in [6, 6.07) is 8.79. The summed E-state index contributed by atoms with van der Waals surface area (Å²) in [5.74, 6) is 5.29. The standard InChI is InChI=1S/C29H29F3N6O2/c1-19-4-5-22(14-21(19)6-9-25-16-34-27(17-33-25)35-20(2)39)28(40)36-24-8-7-23(26(15-24)29(30,31)32)18-38-12-10-37(3)11-13-38/h4-5,7-8,14-17H,10-13,18H2,1-3H3,(H,36,40)(H,34,35,39). The zero-order valence-electron chi connectivity index (χ0n) is 22.4. The highest BCUT2D eigenvalue weighted by molar-refractivity contribution is 6.04. The van der Waals surface area contributed by atoms with E-state index in [1.807, 2.05) is 18.9 Å². The summed E-state index contributed by atoms with van der Waals surface area (Å²) in [6.07, 6.45) is -1.76. The Morgan fingerprint density at radius 3 is 2.38 bits per heavy atom. The number of benzene rings is 2. The first kappa shape index (κ1) is 28.7. The normalized spacial score (nSPS) is 14.2. The molecule has 1 saturated heterocycles. The van der Waals surface area contributed by atoms with Gasteiger partial charge in [0, 0.05) is 56.5 Å². The summed E-state index contributed by atoms with van der Waals surface area (Å²) in [5, 5.41) is 5.10. The van der Waals surface area contributed by atoms with Crippen molar-refractivity contribution in [2.45, 2.75) is 26.6 Å². The molecule has 0 unspecified atom stereocenters. The number of likely N-dealkylation sites (N-methyl/N-ethyl adjacent to an activating group) is 1. The van der Waals surface area contributed by atoms with Crippen molar-refractivity contribution in [2.24, 2.45) is 0 Å². The number of hydrogen-bond donors (Lipinski definition) is 2. The number of hydrogen-bond acceptors (Lipinski definition) is 6. The molecule has 1 aromatic heterocycles. The number of amides is 2. The molecule has 11 heteroatoms. The van der Waals surface area contributed by atoms with Crippen molar-refractivity contribution in [3.63, 3.8) is 0 Å². The molecule has 0 bridgehead atoms. The second kappa shape index (κ2) is 12.3. The third-order valence-corrected chi connectivity index (χ3v) is 6.44. The molecule has 0 atom stereocenters. The predicted octanol–water partition coefficient (Wildman–Crippen LogP) is 4.16. The summed E-state index contributed by atoms with van der Waals surface area (Å²) in [7, 11) is 1.99. The van der Waals surface area contributed by atoms with Crippen molar-refractivity contribution in [3.05, 3.63) is 82.3 Å². The van der Waals surface area contributed by atoms with Gasteiger partial charge in [-0.25, -0.2) is 9.97 Å². The van der Waals surface area contributed by atoms with E-state index in [1.165, 1.54) is 31.5 Å². The first-order valence-electron chi connectivity index (χ1n) is 12.6. The van der Waals surface area contributed by atoms with Crippen LogP contribution in [0.4, 0.5) is 24.7 Å². The molecule has 208 valence electrons. The Morgan fingerprint density at radius 2 is 1.73 bits per heavy atom. The van der Waals surface area contributed by atoms with E-state index in [2.05, 4.69) is 37.3 Å². The van der Waals surface area contributed by atoms with Gasteiger partial charge in [-0.15, -0.1) is 0 Å². The van der Waals surface area contributed by atoms with Crippen LogP contribution in [0.5, 0.6) is 0 Å². The van der Waals surface area contributed by atoms with E-state index < -0.39 is 17.6 Å². The Hall–Kier alpha value is -4.27. The summed E-state index contributed by atoms with van der Waals surface area (Å²) >= 11 is 0. The van der Waals surface area contributed by atoms with Crippen LogP contribution in [0, 0.1) is 18.8 Å². The first-order valence-corrected chi connectivity index (χ1v) is 12.6. The fraction of sp³-hybridized carbons (Fsp3) is 0.310. The number of anilines is 2. The van der Waals surface area contributed by atoms with Crippen LogP contribution in [0.1, 0.15) is 45.2 Å². The summed E-state index contributed by atoms with van der Waals surface area (Å²) in [6.45, 7) is 6.37. The zero-order valence-corrected chi connectivity index (χ0v) is 22.4. The number of nitrogens with zero attached hydrogens (tertiary/aromatic N) is 4. The fourth-order valence-corrected chi connectivity index (χ4v) is 4.17. The van der Waals surface area contributed by atoms with Gasteiger partial charge in [0.2, 0.25) is 5.91 Å². The maximum atomic E-state index is 13.9. The molecule has 4 rings (SSSR count). The lowest BCUT2D eigenvalue weighted by molar-refractivity contribution is -0.138. The van der Waals surface area contributed by atoms with E-state index >= 15 is 0 Å². The maximum Gasteiger partial charge on any atom is 0.416 e. The molecule has 40 heavy (non-hydrogen) atoms. The van der Waals surface area contributed by atoms with Crippen LogP contribution in [0.2, 0.25) is 0 Å². The molecule has 1 aliphatic heterocycles. The average molecular weight is 551 g/mol. The van der Waals surface area contributed by atoms with Gasteiger partial charge in [0.1, 0.15) is 5.69 Å². The fourth-order valence-electron chi connectivity index (χ4n) is 4.17.